The van der Waals surface area contributed by atoms with Crippen LogP contribution in [0.1, 0.15) is 30.7 Å². The normalized spacial score (nSPS) is 11.7. The van der Waals surface area contributed by atoms with Crippen molar-refractivity contribution in [2.45, 2.75) is 30.7 Å². The molecule has 0 aliphatic carbocycles. The lowest BCUT2D eigenvalue weighted by atomic mass is 10.1. The van der Waals surface area contributed by atoms with Gasteiger partial charge in [-0.05, 0) is 35.8 Å². The third-order valence-corrected chi connectivity index (χ3v) is 5.39. The number of benzene rings is 1. The summed E-state index contributed by atoms with van der Waals surface area (Å²) in [6.07, 6.45) is 1.18. The molecular formula is C18H22N2O2S2. The Labute approximate surface area is 151 Å². The second kappa shape index (κ2) is 10.2. The highest BCUT2D eigenvalue weighted by molar-refractivity contribution is 7.99. The van der Waals surface area contributed by atoms with Crippen molar-refractivity contribution in [1.82, 2.24) is 10.6 Å². The van der Waals surface area contributed by atoms with Gasteiger partial charge in [-0.2, -0.15) is 0 Å². The summed E-state index contributed by atoms with van der Waals surface area (Å²) in [6, 6.07) is 13.8. The van der Waals surface area contributed by atoms with Crippen LogP contribution in [0.25, 0.3) is 0 Å². The number of carbonyl (C=O) groups excluding carboxylic acids is 2. The van der Waals surface area contributed by atoms with Crippen molar-refractivity contribution in [3.05, 3.63) is 52.7 Å². The number of hydrogen-bond acceptors (Lipinski definition) is 4. The average Bonchev–Trinajstić information content (AvgIpc) is 3.09. The Balaban J connectivity index is 1.68. The van der Waals surface area contributed by atoms with Gasteiger partial charge in [0.2, 0.25) is 11.8 Å². The molecule has 0 saturated carbocycles. The van der Waals surface area contributed by atoms with Crippen molar-refractivity contribution in [1.29, 1.82) is 0 Å². The molecule has 2 N–H and O–H groups in total. The molecule has 0 spiro atoms. The van der Waals surface area contributed by atoms with E-state index in [1.54, 1.807) is 23.1 Å². The van der Waals surface area contributed by atoms with E-state index in [4.69, 9.17) is 0 Å². The quantitative estimate of drug-likeness (QED) is 0.529. The first kappa shape index (κ1) is 18.5. The minimum atomic E-state index is -0.249. The number of hydrogen-bond donors (Lipinski definition) is 2. The van der Waals surface area contributed by atoms with Crippen molar-refractivity contribution >= 4 is 34.9 Å². The van der Waals surface area contributed by atoms with Crippen molar-refractivity contribution < 1.29 is 9.59 Å². The standard InChI is InChI=1S/C18H22N2O2S2/c1-14(21)20-16(17-9-5-11-24-17)13-18(22)19-10-6-12-23-15-7-3-2-4-8-15/h2-5,7-9,11,16H,6,10,12-13H2,1H3,(H,19,22)(H,20,21)/t16-/m1/s1. The van der Waals surface area contributed by atoms with Gasteiger partial charge in [-0.3, -0.25) is 9.59 Å². The first-order chi connectivity index (χ1) is 11.6. The Kier molecular flexibility index (Phi) is 7.85. The fourth-order valence-corrected chi connectivity index (χ4v) is 3.87. The van der Waals surface area contributed by atoms with Crippen LogP contribution in [0.5, 0.6) is 0 Å². The first-order valence-corrected chi connectivity index (χ1v) is 9.76. The van der Waals surface area contributed by atoms with E-state index in [0.29, 0.717) is 6.54 Å². The molecule has 0 bridgehead atoms. The van der Waals surface area contributed by atoms with Crippen LogP contribution in [0.4, 0.5) is 0 Å². The third kappa shape index (κ3) is 6.76. The topological polar surface area (TPSA) is 58.2 Å². The van der Waals surface area contributed by atoms with Gasteiger partial charge in [0, 0.05) is 23.2 Å². The average molecular weight is 363 g/mol. The monoisotopic (exact) mass is 362 g/mol. The Bertz CT molecular complexity index is 630. The molecule has 0 aliphatic rings. The van der Waals surface area contributed by atoms with E-state index in [2.05, 4.69) is 22.8 Å². The van der Waals surface area contributed by atoms with Gasteiger partial charge in [-0.15, -0.1) is 23.1 Å². The van der Waals surface area contributed by atoms with Gasteiger partial charge < -0.3 is 10.6 Å². The molecule has 128 valence electrons. The highest BCUT2D eigenvalue weighted by Crippen LogP contribution is 2.22. The molecule has 0 unspecified atom stereocenters. The second-order valence-corrected chi connectivity index (χ2v) is 7.49. The van der Waals surface area contributed by atoms with Crippen LogP contribution in [-0.4, -0.2) is 24.1 Å². The van der Waals surface area contributed by atoms with Crippen molar-refractivity contribution in [2.75, 3.05) is 12.3 Å². The van der Waals surface area contributed by atoms with E-state index in [1.807, 2.05) is 35.7 Å². The molecule has 4 nitrogen and oxygen atoms in total. The molecule has 0 fully saturated rings. The van der Waals surface area contributed by atoms with Crippen LogP contribution in [0.3, 0.4) is 0 Å². The van der Waals surface area contributed by atoms with E-state index in [9.17, 15) is 9.59 Å². The Morgan fingerprint density at radius 1 is 1.17 bits per heavy atom. The van der Waals surface area contributed by atoms with E-state index in [0.717, 1.165) is 17.1 Å². The summed E-state index contributed by atoms with van der Waals surface area (Å²) in [5.74, 6) is 0.803. The van der Waals surface area contributed by atoms with Gasteiger partial charge in [0.05, 0.1) is 12.5 Å². The largest absolute Gasteiger partial charge is 0.356 e. The molecule has 2 amide bonds. The summed E-state index contributed by atoms with van der Waals surface area (Å²) in [7, 11) is 0. The Morgan fingerprint density at radius 2 is 1.96 bits per heavy atom. The molecule has 1 aromatic heterocycles. The zero-order valence-corrected chi connectivity index (χ0v) is 15.3. The fraction of sp³-hybridized carbons (Fsp3) is 0.333. The van der Waals surface area contributed by atoms with Crippen LogP contribution in [-0.2, 0) is 9.59 Å². The van der Waals surface area contributed by atoms with Crippen LogP contribution >= 0.6 is 23.1 Å². The van der Waals surface area contributed by atoms with Crippen molar-refractivity contribution in [2.24, 2.45) is 0 Å². The van der Waals surface area contributed by atoms with Crippen LogP contribution < -0.4 is 10.6 Å². The molecule has 1 atom stereocenters. The molecule has 2 aromatic rings. The highest BCUT2D eigenvalue weighted by atomic mass is 32.2. The SMILES string of the molecule is CC(=O)N[C@H](CC(=O)NCCCSc1ccccc1)c1cccs1. The predicted octanol–water partition coefficient (Wildman–Crippen LogP) is 3.61. The summed E-state index contributed by atoms with van der Waals surface area (Å²) in [5.41, 5.74) is 0. The number of carbonyl (C=O) groups is 2. The van der Waals surface area contributed by atoms with Crippen molar-refractivity contribution in [3.8, 4) is 0 Å². The molecule has 0 saturated heterocycles. The van der Waals surface area contributed by atoms with Gasteiger partial charge in [0.25, 0.3) is 0 Å². The van der Waals surface area contributed by atoms with E-state index in [1.165, 1.54) is 11.8 Å². The van der Waals surface area contributed by atoms with Gasteiger partial charge >= 0.3 is 0 Å². The number of rotatable bonds is 9. The lowest BCUT2D eigenvalue weighted by molar-refractivity contribution is -0.122. The first-order valence-electron chi connectivity index (χ1n) is 7.90. The smallest absolute Gasteiger partial charge is 0.222 e. The Morgan fingerprint density at radius 3 is 2.62 bits per heavy atom. The lowest BCUT2D eigenvalue weighted by Gasteiger charge is -2.16. The molecule has 0 radical (unpaired) electrons. The van der Waals surface area contributed by atoms with Crippen LogP contribution in [0.2, 0.25) is 0 Å². The van der Waals surface area contributed by atoms with E-state index in [-0.39, 0.29) is 24.3 Å². The van der Waals surface area contributed by atoms with Crippen LogP contribution in [0.15, 0.2) is 52.7 Å². The van der Waals surface area contributed by atoms with Gasteiger partial charge in [0.15, 0.2) is 0 Å². The lowest BCUT2D eigenvalue weighted by Crippen LogP contribution is -2.32. The summed E-state index contributed by atoms with van der Waals surface area (Å²) in [5, 5.41) is 7.73. The van der Waals surface area contributed by atoms with Gasteiger partial charge in [-0.25, -0.2) is 0 Å². The molecule has 1 aromatic carbocycles. The maximum atomic E-state index is 12.1. The minimum absolute atomic E-state index is 0.0353. The van der Waals surface area contributed by atoms with E-state index >= 15 is 0 Å². The highest BCUT2D eigenvalue weighted by Gasteiger charge is 2.17. The molecule has 2 rings (SSSR count). The van der Waals surface area contributed by atoms with Gasteiger partial charge in [0.1, 0.15) is 0 Å². The molecular weight excluding hydrogens is 340 g/mol. The van der Waals surface area contributed by atoms with Crippen LogP contribution in [0, 0.1) is 0 Å². The molecule has 6 heteroatoms. The second-order valence-electron chi connectivity index (χ2n) is 5.34. The number of amides is 2. The molecule has 1 heterocycles. The van der Waals surface area contributed by atoms with Crippen molar-refractivity contribution in [3.63, 3.8) is 0 Å². The molecule has 0 aliphatic heterocycles. The van der Waals surface area contributed by atoms with E-state index < -0.39 is 0 Å². The summed E-state index contributed by atoms with van der Waals surface area (Å²) >= 11 is 3.33. The molecule has 24 heavy (non-hydrogen) atoms. The summed E-state index contributed by atoms with van der Waals surface area (Å²) in [6.45, 7) is 2.12. The summed E-state index contributed by atoms with van der Waals surface area (Å²) < 4.78 is 0. The van der Waals surface area contributed by atoms with Gasteiger partial charge in [-0.1, -0.05) is 24.3 Å². The zero-order chi connectivity index (χ0) is 17.2. The minimum Gasteiger partial charge on any atom is -0.356 e. The third-order valence-electron chi connectivity index (χ3n) is 3.31. The number of nitrogens with one attached hydrogen (secondary N) is 2. The predicted molar refractivity (Wildman–Crippen MR) is 100 cm³/mol. The fourth-order valence-electron chi connectivity index (χ4n) is 2.22. The zero-order valence-electron chi connectivity index (χ0n) is 13.7. The maximum Gasteiger partial charge on any atom is 0.222 e. The maximum absolute atomic E-state index is 12.1. The number of thiophene rings is 1. The Hall–Kier alpha value is -1.79. The summed E-state index contributed by atoms with van der Waals surface area (Å²) in [4.78, 5) is 25.7. The number of thioether (sulfide) groups is 1.